The van der Waals surface area contributed by atoms with Crippen LogP contribution in [0.2, 0.25) is 0 Å². The molecule has 2 amide bonds. The fourth-order valence-corrected chi connectivity index (χ4v) is 2.49. The van der Waals surface area contributed by atoms with Crippen molar-refractivity contribution >= 4 is 17.5 Å². The fourth-order valence-electron chi connectivity index (χ4n) is 2.49. The van der Waals surface area contributed by atoms with Gasteiger partial charge in [0.25, 0.3) is 5.91 Å². The Kier molecular flexibility index (Phi) is 2.41. The van der Waals surface area contributed by atoms with Crippen molar-refractivity contribution in [1.29, 1.82) is 0 Å². The van der Waals surface area contributed by atoms with Gasteiger partial charge in [-0.3, -0.25) is 9.59 Å². The van der Waals surface area contributed by atoms with Crippen molar-refractivity contribution in [2.45, 2.75) is 12.5 Å². The molecule has 0 N–H and O–H groups in total. The van der Waals surface area contributed by atoms with Crippen LogP contribution in [0, 0.1) is 5.92 Å². The van der Waals surface area contributed by atoms with Crippen molar-refractivity contribution < 1.29 is 14.3 Å². The summed E-state index contributed by atoms with van der Waals surface area (Å²) in [5, 5.41) is 7.79. The number of anilines is 1. The van der Waals surface area contributed by atoms with Gasteiger partial charge in [0, 0.05) is 0 Å². The molecule has 0 spiro atoms. The highest BCUT2D eigenvalue weighted by atomic mass is 16.5. The van der Waals surface area contributed by atoms with Gasteiger partial charge in [0.15, 0.2) is 5.54 Å². The van der Waals surface area contributed by atoms with E-state index in [0.717, 1.165) is 0 Å². The first-order valence-corrected chi connectivity index (χ1v) is 5.99. The van der Waals surface area contributed by atoms with Crippen LogP contribution in [-0.4, -0.2) is 31.0 Å². The van der Waals surface area contributed by atoms with E-state index in [1.54, 1.807) is 38.3 Å². The predicted molar refractivity (Wildman–Crippen MR) is 67.1 cm³/mol. The average Bonchev–Trinajstić information content (AvgIpc) is 2.89. The van der Waals surface area contributed by atoms with Crippen molar-refractivity contribution in [2.75, 3.05) is 18.6 Å². The summed E-state index contributed by atoms with van der Waals surface area (Å²) in [7, 11) is 1.56. The monoisotopic (exact) mass is 259 g/mol. The Morgan fingerprint density at radius 2 is 2.00 bits per heavy atom. The van der Waals surface area contributed by atoms with E-state index >= 15 is 0 Å². The third-order valence-electron chi connectivity index (χ3n) is 3.71. The van der Waals surface area contributed by atoms with Gasteiger partial charge in [0.1, 0.15) is 5.75 Å². The number of methoxy groups -OCH3 is 1. The Bertz CT molecular complexity index is 581. The van der Waals surface area contributed by atoms with Crippen LogP contribution in [-0.2, 0) is 9.59 Å². The first-order chi connectivity index (χ1) is 9.08. The molecule has 0 aliphatic carbocycles. The van der Waals surface area contributed by atoms with Crippen molar-refractivity contribution in [2.24, 2.45) is 16.1 Å². The van der Waals surface area contributed by atoms with Crippen molar-refractivity contribution in [3.8, 4) is 5.75 Å². The van der Waals surface area contributed by atoms with Crippen molar-refractivity contribution in [3.63, 3.8) is 0 Å². The van der Waals surface area contributed by atoms with E-state index in [0.29, 0.717) is 11.4 Å². The highest BCUT2D eigenvalue weighted by Crippen LogP contribution is 2.40. The normalized spacial score (nSPS) is 28.9. The van der Waals surface area contributed by atoms with Crippen LogP contribution in [0.4, 0.5) is 5.69 Å². The number of nitrogens with zero attached hydrogens (tertiary/aromatic N) is 3. The highest BCUT2D eigenvalue weighted by molar-refractivity contribution is 6.25. The summed E-state index contributed by atoms with van der Waals surface area (Å²) in [6.07, 6.45) is 0. The standard InChI is InChI=1S/C13H13N3O3/c1-13-10(7-14-15-13)11(17)16(12(13)18)8-3-5-9(19-2)6-4-8/h3-6,10H,7H2,1-2H3/t10-,13+/m1/s1. The molecule has 1 aromatic rings. The zero-order chi connectivity index (χ0) is 13.6. The molecule has 2 heterocycles. The third kappa shape index (κ3) is 1.49. The van der Waals surface area contributed by atoms with Gasteiger partial charge in [-0.1, -0.05) is 0 Å². The number of ether oxygens (including phenoxy) is 1. The van der Waals surface area contributed by atoms with Crippen LogP contribution in [0.15, 0.2) is 34.5 Å². The number of azo groups is 1. The van der Waals surface area contributed by atoms with E-state index in [4.69, 9.17) is 4.74 Å². The van der Waals surface area contributed by atoms with E-state index < -0.39 is 11.5 Å². The van der Waals surface area contributed by atoms with E-state index in [2.05, 4.69) is 10.2 Å². The van der Waals surface area contributed by atoms with Gasteiger partial charge in [0.05, 0.1) is 25.3 Å². The molecule has 3 rings (SSSR count). The minimum Gasteiger partial charge on any atom is -0.497 e. The van der Waals surface area contributed by atoms with Gasteiger partial charge < -0.3 is 4.74 Å². The lowest BCUT2D eigenvalue weighted by Crippen LogP contribution is -2.37. The van der Waals surface area contributed by atoms with E-state index in [-0.39, 0.29) is 18.4 Å². The number of benzene rings is 1. The Morgan fingerprint density at radius 3 is 2.58 bits per heavy atom. The summed E-state index contributed by atoms with van der Waals surface area (Å²) in [4.78, 5) is 25.9. The van der Waals surface area contributed by atoms with Crippen molar-refractivity contribution in [1.82, 2.24) is 0 Å². The molecule has 0 unspecified atom stereocenters. The van der Waals surface area contributed by atoms with Crippen LogP contribution in [0.1, 0.15) is 6.92 Å². The Hall–Kier alpha value is -2.24. The van der Waals surface area contributed by atoms with Crippen LogP contribution >= 0.6 is 0 Å². The molecule has 6 nitrogen and oxygen atoms in total. The minimum absolute atomic E-state index is 0.234. The topological polar surface area (TPSA) is 71.3 Å². The molecule has 0 saturated carbocycles. The van der Waals surface area contributed by atoms with Gasteiger partial charge in [-0.15, -0.1) is 0 Å². The van der Waals surface area contributed by atoms with E-state index in [1.807, 2.05) is 0 Å². The second-order valence-corrected chi connectivity index (χ2v) is 4.80. The Morgan fingerprint density at radius 1 is 1.32 bits per heavy atom. The Balaban J connectivity index is 1.99. The number of fused-ring (bicyclic) bond motifs is 1. The molecular weight excluding hydrogens is 246 g/mol. The molecule has 1 aromatic carbocycles. The fraction of sp³-hybridized carbons (Fsp3) is 0.385. The molecule has 98 valence electrons. The summed E-state index contributed by atoms with van der Waals surface area (Å²) >= 11 is 0. The number of carbonyl (C=O) groups excluding carboxylic acids is 2. The lowest BCUT2D eigenvalue weighted by molar-refractivity contribution is -0.122. The smallest absolute Gasteiger partial charge is 0.264 e. The third-order valence-corrected chi connectivity index (χ3v) is 3.71. The average molecular weight is 259 g/mol. The largest absolute Gasteiger partial charge is 0.497 e. The molecule has 1 saturated heterocycles. The zero-order valence-corrected chi connectivity index (χ0v) is 10.7. The molecule has 19 heavy (non-hydrogen) atoms. The number of hydrogen-bond acceptors (Lipinski definition) is 5. The van der Waals surface area contributed by atoms with Crippen LogP contribution in [0.5, 0.6) is 5.75 Å². The van der Waals surface area contributed by atoms with Gasteiger partial charge in [-0.25, -0.2) is 4.90 Å². The second-order valence-electron chi connectivity index (χ2n) is 4.80. The maximum atomic E-state index is 12.4. The lowest BCUT2D eigenvalue weighted by atomic mass is 9.90. The second kappa shape index (κ2) is 3.88. The number of carbonyl (C=O) groups is 2. The number of rotatable bonds is 2. The molecule has 0 bridgehead atoms. The molecule has 6 heteroatoms. The molecule has 0 aromatic heterocycles. The first kappa shape index (κ1) is 11.8. The van der Waals surface area contributed by atoms with Crippen LogP contribution in [0.25, 0.3) is 0 Å². The molecule has 0 radical (unpaired) electrons. The Labute approximate surface area is 110 Å². The van der Waals surface area contributed by atoms with Crippen molar-refractivity contribution in [3.05, 3.63) is 24.3 Å². The number of imide groups is 1. The van der Waals surface area contributed by atoms with E-state index in [1.165, 1.54) is 4.90 Å². The number of amides is 2. The molecule has 2 aliphatic heterocycles. The quantitative estimate of drug-likeness (QED) is 0.754. The summed E-state index contributed by atoms with van der Waals surface area (Å²) < 4.78 is 5.06. The summed E-state index contributed by atoms with van der Waals surface area (Å²) in [5.41, 5.74) is -0.488. The summed E-state index contributed by atoms with van der Waals surface area (Å²) in [6, 6.07) is 6.81. The van der Waals surface area contributed by atoms with Gasteiger partial charge >= 0.3 is 0 Å². The maximum absolute atomic E-state index is 12.4. The predicted octanol–water partition coefficient (Wildman–Crippen LogP) is 1.41. The summed E-state index contributed by atoms with van der Waals surface area (Å²) in [5.74, 6) is -0.340. The number of hydrogen-bond donors (Lipinski definition) is 0. The van der Waals surface area contributed by atoms with Gasteiger partial charge in [0.2, 0.25) is 5.91 Å². The zero-order valence-electron chi connectivity index (χ0n) is 10.7. The SMILES string of the molecule is COc1ccc(N2C(=O)[C@H]3CN=N[C@]3(C)C2=O)cc1. The highest BCUT2D eigenvalue weighted by Gasteiger charge is 2.59. The molecule has 2 atom stereocenters. The van der Waals surface area contributed by atoms with Gasteiger partial charge in [-0.2, -0.15) is 10.2 Å². The molecule has 2 aliphatic rings. The minimum atomic E-state index is -1.03. The maximum Gasteiger partial charge on any atom is 0.264 e. The molecular formula is C13H13N3O3. The van der Waals surface area contributed by atoms with Crippen LogP contribution in [0.3, 0.4) is 0 Å². The van der Waals surface area contributed by atoms with Crippen LogP contribution < -0.4 is 9.64 Å². The van der Waals surface area contributed by atoms with Gasteiger partial charge in [-0.05, 0) is 31.2 Å². The lowest BCUT2D eigenvalue weighted by Gasteiger charge is -2.17. The summed E-state index contributed by atoms with van der Waals surface area (Å²) in [6.45, 7) is 1.95. The first-order valence-electron chi connectivity index (χ1n) is 5.99. The molecule has 1 fully saturated rings. The van der Waals surface area contributed by atoms with E-state index in [9.17, 15) is 9.59 Å².